The lowest BCUT2D eigenvalue weighted by Gasteiger charge is -2.19. The van der Waals surface area contributed by atoms with Gasteiger partial charge in [-0.25, -0.2) is 4.39 Å². The minimum absolute atomic E-state index is 0.118. The third-order valence-electron chi connectivity index (χ3n) is 2.26. The molecule has 1 aliphatic heterocycles. The molecule has 1 heterocycles. The molecule has 3 nitrogen and oxygen atoms in total. The van der Waals surface area contributed by atoms with Crippen LogP contribution in [-0.4, -0.2) is 41.3 Å². The number of carboxylic acids is 1. The first kappa shape index (κ1) is 10.2. The van der Waals surface area contributed by atoms with Gasteiger partial charge < -0.3 is 5.11 Å². The molecular weight excluding hydrogens is 173 g/mol. The zero-order chi connectivity index (χ0) is 9.84. The second-order valence-electron chi connectivity index (χ2n) is 3.26. The maximum Gasteiger partial charge on any atom is 0.321 e. The molecule has 74 valence electrons. The number of hydrogen-bond donors (Lipinski definition) is 1. The third-order valence-corrected chi connectivity index (χ3v) is 2.26. The van der Waals surface area contributed by atoms with Crippen molar-refractivity contribution >= 4 is 5.97 Å². The van der Waals surface area contributed by atoms with Crippen molar-refractivity contribution in [3.8, 4) is 0 Å². The van der Waals surface area contributed by atoms with E-state index in [0.717, 1.165) is 0 Å². The summed E-state index contributed by atoms with van der Waals surface area (Å²) in [6, 6.07) is -0.644. The molecule has 4 heteroatoms. The van der Waals surface area contributed by atoms with Crippen molar-refractivity contribution in [3.63, 3.8) is 0 Å². The molecule has 0 aromatic rings. The maximum atomic E-state index is 12.9. The van der Waals surface area contributed by atoms with Gasteiger partial charge in [0.15, 0.2) is 0 Å². The second kappa shape index (κ2) is 4.37. The van der Waals surface area contributed by atoms with Crippen LogP contribution in [-0.2, 0) is 4.79 Å². The zero-order valence-electron chi connectivity index (χ0n) is 7.45. The Kier molecular flexibility index (Phi) is 3.42. The molecule has 13 heavy (non-hydrogen) atoms. The Labute approximate surface area is 76.8 Å². The summed E-state index contributed by atoms with van der Waals surface area (Å²) < 4.78 is 12.9. The summed E-state index contributed by atoms with van der Waals surface area (Å²) in [5, 5.41) is 8.77. The highest BCUT2D eigenvalue weighted by Crippen LogP contribution is 2.20. The molecular formula is C9H14FNO2. The topological polar surface area (TPSA) is 40.5 Å². The molecule has 0 aliphatic carbocycles. The number of rotatable bonds is 4. The third kappa shape index (κ3) is 2.52. The maximum absolute atomic E-state index is 12.9. The van der Waals surface area contributed by atoms with Crippen molar-refractivity contribution < 1.29 is 14.3 Å². The molecule has 1 fully saturated rings. The normalized spacial score (nSPS) is 29.0. The van der Waals surface area contributed by atoms with Gasteiger partial charge in [0.2, 0.25) is 0 Å². The van der Waals surface area contributed by atoms with Gasteiger partial charge in [0.25, 0.3) is 0 Å². The number of aliphatic carboxylic acids is 1. The van der Waals surface area contributed by atoms with Crippen LogP contribution in [0.5, 0.6) is 0 Å². The Morgan fingerprint density at radius 1 is 1.77 bits per heavy atom. The lowest BCUT2D eigenvalue weighted by molar-refractivity contribution is -0.142. The molecule has 0 spiro atoms. The lowest BCUT2D eigenvalue weighted by Crippen LogP contribution is -2.36. The first-order valence-electron chi connectivity index (χ1n) is 4.37. The molecule has 0 aromatic carbocycles. The SMILES string of the molecule is C=CCCN1C[C@@H](F)CC1C(=O)O. The van der Waals surface area contributed by atoms with Gasteiger partial charge in [-0.05, 0) is 6.42 Å². The zero-order valence-corrected chi connectivity index (χ0v) is 7.45. The van der Waals surface area contributed by atoms with E-state index in [4.69, 9.17) is 5.11 Å². The smallest absolute Gasteiger partial charge is 0.321 e. The summed E-state index contributed by atoms with van der Waals surface area (Å²) >= 11 is 0. The highest BCUT2D eigenvalue weighted by atomic mass is 19.1. The second-order valence-corrected chi connectivity index (χ2v) is 3.26. The number of nitrogens with zero attached hydrogens (tertiary/aromatic N) is 1. The lowest BCUT2D eigenvalue weighted by atomic mass is 10.2. The van der Waals surface area contributed by atoms with Gasteiger partial charge in [0.1, 0.15) is 12.2 Å². The predicted octanol–water partition coefficient (Wildman–Crippen LogP) is 1.06. The molecule has 0 radical (unpaired) electrons. The summed E-state index contributed by atoms with van der Waals surface area (Å²) in [6.45, 7) is 4.37. The van der Waals surface area contributed by atoms with Crippen LogP contribution in [0, 0.1) is 0 Å². The van der Waals surface area contributed by atoms with Crippen molar-refractivity contribution in [2.75, 3.05) is 13.1 Å². The van der Waals surface area contributed by atoms with Crippen LogP contribution in [0.2, 0.25) is 0 Å². The molecule has 0 aromatic heterocycles. The Morgan fingerprint density at radius 3 is 3.00 bits per heavy atom. The van der Waals surface area contributed by atoms with Gasteiger partial charge >= 0.3 is 5.97 Å². The number of likely N-dealkylation sites (tertiary alicyclic amines) is 1. The van der Waals surface area contributed by atoms with E-state index >= 15 is 0 Å². The molecule has 1 aliphatic rings. The van der Waals surface area contributed by atoms with E-state index in [9.17, 15) is 9.18 Å². The van der Waals surface area contributed by atoms with Crippen molar-refractivity contribution in [2.24, 2.45) is 0 Å². The van der Waals surface area contributed by atoms with Crippen LogP contribution in [0.15, 0.2) is 12.7 Å². The summed E-state index contributed by atoms with van der Waals surface area (Å²) in [6.07, 6.45) is 1.54. The van der Waals surface area contributed by atoms with Crippen molar-refractivity contribution in [3.05, 3.63) is 12.7 Å². The molecule has 0 saturated carbocycles. The minimum atomic E-state index is -0.995. The molecule has 2 atom stereocenters. The van der Waals surface area contributed by atoms with Crippen LogP contribution in [0.3, 0.4) is 0 Å². The van der Waals surface area contributed by atoms with Gasteiger partial charge in [0.05, 0.1) is 0 Å². The van der Waals surface area contributed by atoms with E-state index < -0.39 is 18.2 Å². The van der Waals surface area contributed by atoms with Crippen molar-refractivity contribution in [1.82, 2.24) is 4.90 Å². The fraction of sp³-hybridized carbons (Fsp3) is 0.667. The minimum Gasteiger partial charge on any atom is -0.480 e. The number of alkyl halides is 1. The highest BCUT2D eigenvalue weighted by Gasteiger charge is 2.36. The molecule has 0 amide bonds. The Hall–Kier alpha value is -0.900. The molecule has 1 rings (SSSR count). The summed E-state index contributed by atoms with van der Waals surface area (Å²) in [7, 11) is 0. The molecule has 1 unspecified atom stereocenters. The Morgan fingerprint density at radius 2 is 2.46 bits per heavy atom. The Balaban J connectivity index is 2.50. The summed E-state index contributed by atoms with van der Waals surface area (Å²) in [4.78, 5) is 12.3. The van der Waals surface area contributed by atoms with E-state index in [-0.39, 0.29) is 13.0 Å². The number of carboxylic acid groups (broad SMARTS) is 1. The van der Waals surface area contributed by atoms with Crippen molar-refractivity contribution in [2.45, 2.75) is 25.1 Å². The van der Waals surface area contributed by atoms with Gasteiger partial charge in [-0.3, -0.25) is 9.69 Å². The average molecular weight is 187 g/mol. The van der Waals surface area contributed by atoms with Crippen LogP contribution in [0.4, 0.5) is 4.39 Å². The first-order valence-corrected chi connectivity index (χ1v) is 4.37. The number of hydrogen-bond acceptors (Lipinski definition) is 2. The average Bonchev–Trinajstić information content (AvgIpc) is 2.43. The fourth-order valence-corrected chi connectivity index (χ4v) is 1.61. The van der Waals surface area contributed by atoms with Crippen LogP contribution < -0.4 is 0 Å². The van der Waals surface area contributed by atoms with Gasteiger partial charge in [-0.2, -0.15) is 0 Å². The largest absolute Gasteiger partial charge is 0.480 e. The van der Waals surface area contributed by atoms with E-state index in [1.165, 1.54) is 0 Å². The van der Waals surface area contributed by atoms with E-state index in [0.29, 0.717) is 13.0 Å². The van der Waals surface area contributed by atoms with Crippen LogP contribution in [0.1, 0.15) is 12.8 Å². The van der Waals surface area contributed by atoms with Gasteiger partial charge in [0, 0.05) is 19.5 Å². The molecule has 1 saturated heterocycles. The van der Waals surface area contributed by atoms with Gasteiger partial charge in [-0.1, -0.05) is 6.08 Å². The van der Waals surface area contributed by atoms with Crippen molar-refractivity contribution in [1.29, 1.82) is 0 Å². The van der Waals surface area contributed by atoms with Crippen LogP contribution in [0.25, 0.3) is 0 Å². The molecule has 0 bridgehead atoms. The van der Waals surface area contributed by atoms with Gasteiger partial charge in [-0.15, -0.1) is 6.58 Å². The van der Waals surface area contributed by atoms with E-state index in [1.807, 2.05) is 0 Å². The van der Waals surface area contributed by atoms with E-state index in [2.05, 4.69) is 6.58 Å². The fourth-order valence-electron chi connectivity index (χ4n) is 1.61. The monoisotopic (exact) mass is 187 g/mol. The number of carbonyl (C=O) groups is 1. The number of halogens is 1. The quantitative estimate of drug-likeness (QED) is 0.669. The Bertz CT molecular complexity index is 208. The molecule has 1 N–H and O–H groups in total. The summed E-state index contributed by atoms with van der Waals surface area (Å²) in [5.74, 6) is -0.927. The van der Waals surface area contributed by atoms with Crippen LogP contribution >= 0.6 is 0 Å². The van der Waals surface area contributed by atoms with E-state index in [1.54, 1.807) is 11.0 Å². The first-order chi connectivity index (χ1) is 6.15. The summed E-state index contributed by atoms with van der Waals surface area (Å²) in [5.41, 5.74) is 0. The highest BCUT2D eigenvalue weighted by molar-refractivity contribution is 5.74. The standard InChI is InChI=1S/C9H14FNO2/c1-2-3-4-11-6-7(10)5-8(11)9(12)13/h2,7-8H,1,3-6H2,(H,12,13)/t7-,8?/m0/s1. The predicted molar refractivity (Wildman–Crippen MR) is 47.3 cm³/mol.